The molecule has 5 heteroatoms. The van der Waals surface area contributed by atoms with Crippen LogP contribution in [0.25, 0.3) is 0 Å². The summed E-state index contributed by atoms with van der Waals surface area (Å²) in [6.45, 7) is 0. The topological polar surface area (TPSA) is 26.0 Å². The van der Waals surface area contributed by atoms with E-state index < -0.39 is 23.7 Å². The SMILES string of the molecule is NC1(c2ccc(F)c(Cl)c2)CC1(F)F. The van der Waals surface area contributed by atoms with Crippen LogP contribution in [0.1, 0.15) is 12.0 Å². The maximum atomic E-state index is 12.8. The van der Waals surface area contributed by atoms with Crippen molar-refractivity contribution in [3.05, 3.63) is 34.6 Å². The average Bonchev–Trinajstić information content (AvgIpc) is 2.58. The van der Waals surface area contributed by atoms with Gasteiger partial charge < -0.3 is 5.73 Å². The largest absolute Gasteiger partial charge is 0.316 e. The summed E-state index contributed by atoms with van der Waals surface area (Å²) in [5, 5.41) is -0.185. The molecule has 0 spiro atoms. The molecule has 0 saturated heterocycles. The first-order valence-electron chi connectivity index (χ1n) is 3.99. The number of rotatable bonds is 1. The predicted molar refractivity (Wildman–Crippen MR) is 46.8 cm³/mol. The summed E-state index contributed by atoms with van der Waals surface area (Å²) < 4.78 is 38.4. The van der Waals surface area contributed by atoms with E-state index in [-0.39, 0.29) is 10.6 Å². The summed E-state index contributed by atoms with van der Waals surface area (Å²) in [6.07, 6.45) is -0.415. The van der Waals surface area contributed by atoms with Crippen LogP contribution in [0.15, 0.2) is 18.2 Å². The molecule has 1 unspecified atom stereocenters. The van der Waals surface area contributed by atoms with Crippen molar-refractivity contribution in [2.24, 2.45) is 5.73 Å². The molecule has 14 heavy (non-hydrogen) atoms. The Morgan fingerprint density at radius 1 is 1.36 bits per heavy atom. The molecule has 0 radical (unpaired) electrons. The lowest BCUT2D eigenvalue weighted by molar-refractivity contribution is 0.0891. The van der Waals surface area contributed by atoms with Crippen molar-refractivity contribution in [2.75, 3.05) is 0 Å². The second-order valence-corrected chi connectivity index (χ2v) is 3.89. The van der Waals surface area contributed by atoms with Crippen molar-refractivity contribution in [2.45, 2.75) is 17.9 Å². The van der Waals surface area contributed by atoms with Crippen molar-refractivity contribution >= 4 is 11.6 Å². The van der Waals surface area contributed by atoms with Crippen molar-refractivity contribution in [3.8, 4) is 0 Å². The van der Waals surface area contributed by atoms with Gasteiger partial charge in [-0.3, -0.25) is 0 Å². The van der Waals surface area contributed by atoms with E-state index in [1.165, 1.54) is 6.07 Å². The molecule has 0 aliphatic heterocycles. The molecule has 1 aliphatic rings. The van der Waals surface area contributed by atoms with Gasteiger partial charge in [-0.2, -0.15) is 0 Å². The van der Waals surface area contributed by atoms with Gasteiger partial charge in [-0.05, 0) is 17.7 Å². The van der Waals surface area contributed by atoms with E-state index >= 15 is 0 Å². The predicted octanol–water partition coefficient (Wildman–Crippen LogP) is 2.67. The lowest BCUT2D eigenvalue weighted by Gasteiger charge is -2.10. The summed E-state index contributed by atoms with van der Waals surface area (Å²) in [5.41, 5.74) is 3.95. The number of nitrogens with two attached hydrogens (primary N) is 1. The van der Waals surface area contributed by atoms with Crippen LogP contribution >= 0.6 is 11.6 Å². The van der Waals surface area contributed by atoms with Gasteiger partial charge in [0.25, 0.3) is 5.92 Å². The molecule has 1 aromatic carbocycles. The second-order valence-electron chi connectivity index (χ2n) is 3.48. The Labute approximate surface area is 83.7 Å². The van der Waals surface area contributed by atoms with Gasteiger partial charge in [-0.25, -0.2) is 13.2 Å². The minimum atomic E-state index is -2.91. The Kier molecular flexibility index (Phi) is 1.85. The highest BCUT2D eigenvalue weighted by atomic mass is 35.5. The van der Waals surface area contributed by atoms with Crippen LogP contribution in [-0.4, -0.2) is 5.92 Å². The minimum Gasteiger partial charge on any atom is -0.316 e. The number of hydrogen-bond acceptors (Lipinski definition) is 1. The van der Waals surface area contributed by atoms with Gasteiger partial charge in [-0.15, -0.1) is 0 Å². The fraction of sp³-hybridized carbons (Fsp3) is 0.333. The van der Waals surface area contributed by atoms with Crippen LogP contribution in [-0.2, 0) is 5.54 Å². The molecule has 0 aromatic heterocycles. The molecule has 76 valence electrons. The van der Waals surface area contributed by atoms with E-state index in [4.69, 9.17) is 17.3 Å². The normalized spacial score (nSPS) is 28.9. The molecule has 0 bridgehead atoms. The van der Waals surface area contributed by atoms with Gasteiger partial charge in [0.05, 0.1) is 5.02 Å². The van der Waals surface area contributed by atoms with E-state index in [0.29, 0.717) is 0 Å². The zero-order valence-corrected chi connectivity index (χ0v) is 7.78. The van der Waals surface area contributed by atoms with Gasteiger partial charge in [-0.1, -0.05) is 17.7 Å². The van der Waals surface area contributed by atoms with E-state index in [1.54, 1.807) is 0 Å². The molecule has 0 amide bonds. The van der Waals surface area contributed by atoms with Gasteiger partial charge in [0.2, 0.25) is 0 Å². The van der Waals surface area contributed by atoms with Crippen LogP contribution in [0.3, 0.4) is 0 Å². The van der Waals surface area contributed by atoms with Crippen LogP contribution in [0.2, 0.25) is 5.02 Å². The van der Waals surface area contributed by atoms with Crippen LogP contribution < -0.4 is 5.73 Å². The van der Waals surface area contributed by atoms with Crippen LogP contribution in [0, 0.1) is 5.82 Å². The fourth-order valence-electron chi connectivity index (χ4n) is 1.39. The van der Waals surface area contributed by atoms with E-state index in [1.807, 2.05) is 0 Å². The summed E-state index contributed by atoms with van der Waals surface area (Å²) in [6, 6.07) is 3.43. The number of alkyl halides is 2. The van der Waals surface area contributed by atoms with Crippen molar-refractivity contribution < 1.29 is 13.2 Å². The van der Waals surface area contributed by atoms with Gasteiger partial charge in [0, 0.05) is 6.42 Å². The maximum Gasteiger partial charge on any atom is 0.272 e. The summed E-state index contributed by atoms with van der Waals surface area (Å²) in [7, 11) is 0. The number of halogens is 4. The summed E-state index contributed by atoms with van der Waals surface area (Å²) in [4.78, 5) is 0. The third kappa shape index (κ3) is 1.21. The average molecular weight is 222 g/mol. The third-order valence-electron chi connectivity index (χ3n) is 2.46. The van der Waals surface area contributed by atoms with Crippen LogP contribution in [0.4, 0.5) is 13.2 Å². The number of hydrogen-bond donors (Lipinski definition) is 1. The Morgan fingerprint density at radius 3 is 2.36 bits per heavy atom. The fourth-order valence-corrected chi connectivity index (χ4v) is 1.57. The quantitative estimate of drug-likeness (QED) is 0.775. The minimum absolute atomic E-state index is 0.175. The molecule has 1 fully saturated rings. The van der Waals surface area contributed by atoms with E-state index in [2.05, 4.69) is 0 Å². The van der Waals surface area contributed by atoms with Crippen molar-refractivity contribution in [1.82, 2.24) is 0 Å². The second kappa shape index (κ2) is 2.64. The lowest BCUT2D eigenvalue weighted by Crippen LogP contribution is -2.27. The molecule has 2 N–H and O–H groups in total. The van der Waals surface area contributed by atoms with Gasteiger partial charge in [0.15, 0.2) is 0 Å². The highest BCUT2D eigenvalue weighted by molar-refractivity contribution is 6.30. The molecule has 2 rings (SSSR count). The zero-order valence-electron chi connectivity index (χ0n) is 7.03. The maximum absolute atomic E-state index is 12.8. The molecular formula is C9H7ClF3N. The Balaban J connectivity index is 2.40. The molecule has 1 aliphatic carbocycles. The van der Waals surface area contributed by atoms with E-state index in [0.717, 1.165) is 12.1 Å². The standard InChI is InChI=1S/C9H7ClF3N/c10-6-3-5(1-2-7(6)11)8(14)4-9(8,12)13/h1-3H,4,14H2. The van der Waals surface area contributed by atoms with Crippen LogP contribution in [0.5, 0.6) is 0 Å². The highest BCUT2D eigenvalue weighted by Gasteiger charge is 2.69. The van der Waals surface area contributed by atoms with Gasteiger partial charge in [0.1, 0.15) is 11.4 Å². The molecule has 1 saturated carbocycles. The third-order valence-corrected chi connectivity index (χ3v) is 2.75. The summed E-state index contributed by atoms with van der Waals surface area (Å²) >= 11 is 5.47. The molecular weight excluding hydrogens is 215 g/mol. The lowest BCUT2D eigenvalue weighted by atomic mass is 10.1. The molecule has 0 heterocycles. The zero-order chi connectivity index (χ0) is 10.6. The smallest absolute Gasteiger partial charge is 0.272 e. The summed E-state index contributed by atoms with van der Waals surface area (Å²) in [5.74, 6) is -3.54. The Bertz CT molecular complexity index is 394. The molecule has 1 nitrogen and oxygen atoms in total. The highest BCUT2D eigenvalue weighted by Crippen LogP contribution is 2.57. The first-order valence-corrected chi connectivity index (χ1v) is 4.37. The molecule has 1 atom stereocenters. The van der Waals surface area contributed by atoms with Crippen molar-refractivity contribution in [1.29, 1.82) is 0 Å². The van der Waals surface area contributed by atoms with Gasteiger partial charge >= 0.3 is 0 Å². The molecule has 1 aromatic rings. The first kappa shape index (κ1) is 9.80. The van der Waals surface area contributed by atoms with Crippen molar-refractivity contribution in [3.63, 3.8) is 0 Å². The van der Waals surface area contributed by atoms with E-state index in [9.17, 15) is 13.2 Å². The monoisotopic (exact) mass is 221 g/mol. The Hall–Kier alpha value is -0.740. The number of benzene rings is 1. The first-order chi connectivity index (χ1) is 6.37. The Morgan fingerprint density at radius 2 is 1.93 bits per heavy atom.